The monoisotopic (exact) mass is 294 g/mol. The number of aliphatic hydroxyl groups is 1. The van der Waals surface area contributed by atoms with Crippen LogP contribution in [0.4, 0.5) is 10.1 Å². The molecule has 0 aliphatic carbocycles. The molecule has 0 saturated carbocycles. The number of benzene rings is 1. The molecule has 1 aliphatic rings. The number of anilines is 1. The predicted molar refractivity (Wildman–Crippen MR) is 80.9 cm³/mol. The summed E-state index contributed by atoms with van der Waals surface area (Å²) in [6.07, 6.45) is 1.10. The fourth-order valence-corrected chi connectivity index (χ4v) is 2.54. The highest BCUT2D eigenvalue weighted by atomic mass is 19.1. The quantitative estimate of drug-likeness (QED) is 0.897. The maximum absolute atomic E-state index is 14.0. The molecule has 5 heteroatoms. The summed E-state index contributed by atoms with van der Waals surface area (Å²) in [5, 5.41) is 12.9. The summed E-state index contributed by atoms with van der Waals surface area (Å²) in [6, 6.07) is 4.53. The minimum atomic E-state index is -0.511. The normalized spacial score (nSPS) is 22.2. The smallest absolute Gasteiger partial charge is 0.256 e. The molecule has 1 aliphatic heterocycles. The summed E-state index contributed by atoms with van der Waals surface area (Å²) in [5.74, 6) is -0.446. The van der Waals surface area contributed by atoms with E-state index in [-0.39, 0.29) is 17.5 Å². The van der Waals surface area contributed by atoms with Gasteiger partial charge in [-0.05, 0) is 30.9 Å². The van der Waals surface area contributed by atoms with Crippen molar-refractivity contribution in [1.82, 2.24) is 4.90 Å². The van der Waals surface area contributed by atoms with Crippen molar-refractivity contribution in [3.05, 3.63) is 29.6 Å². The predicted octanol–water partition coefficient (Wildman–Crippen LogP) is 2.49. The highest BCUT2D eigenvalue weighted by molar-refractivity contribution is 5.99. The van der Waals surface area contributed by atoms with Gasteiger partial charge in [-0.1, -0.05) is 19.9 Å². The lowest BCUT2D eigenvalue weighted by Crippen LogP contribution is -2.46. The van der Waals surface area contributed by atoms with Gasteiger partial charge >= 0.3 is 0 Å². The number of nitrogens with zero attached hydrogens (tertiary/aromatic N) is 1. The maximum atomic E-state index is 14.0. The van der Waals surface area contributed by atoms with Crippen molar-refractivity contribution >= 4 is 11.6 Å². The third-order valence-corrected chi connectivity index (χ3v) is 4.00. The molecule has 116 valence electrons. The van der Waals surface area contributed by atoms with Gasteiger partial charge in [0.1, 0.15) is 5.82 Å². The first-order valence-corrected chi connectivity index (χ1v) is 7.54. The maximum Gasteiger partial charge on any atom is 0.256 e. The van der Waals surface area contributed by atoms with Crippen LogP contribution in [0.3, 0.4) is 0 Å². The average molecular weight is 294 g/mol. The molecule has 2 N–H and O–H groups in total. The van der Waals surface area contributed by atoms with Crippen LogP contribution in [0, 0.1) is 11.7 Å². The molecule has 1 aromatic carbocycles. The van der Waals surface area contributed by atoms with Gasteiger partial charge in [-0.15, -0.1) is 0 Å². The van der Waals surface area contributed by atoms with E-state index >= 15 is 0 Å². The van der Waals surface area contributed by atoms with E-state index in [0.29, 0.717) is 25.2 Å². The Morgan fingerprint density at radius 2 is 2.29 bits per heavy atom. The van der Waals surface area contributed by atoms with Crippen LogP contribution >= 0.6 is 0 Å². The van der Waals surface area contributed by atoms with Gasteiger partial charge in [0.15, 0.2) is 0 Å². The largest absolute Gasteiger partial charge is 0.391 e. The van der Waals surface area contributed by atoms with Crippen molar-refractivity contribution in [3.63, 3.8) is 0 Å². The number of likely N-dealkylation sites (tertiary alicyclic amines) is 1. The van der Waals surface area contributed by atoms with Gasteiger partial charge in [0.2, 0.25) is 0 Å². The van der Waals surface area contributed by atoms with Crippen LogP contribution in [-0.4, -0.2) is 41.7 Å². The molecule has 0 spiro atoms. The first kappa shape index (κ1) is 15.8. The van der Waals surface area contributed by atoms with Crippen molar-refractivity contribution in [1.29, 1.82) is 0 Å². The topological polar surface area (TPSA) is 52.6 Å². The number of hydrogen-bond donors (Lipinski definition) is 2. The van der Waals surface area contributed by atoms with Gasteiger partial charge in [-0.25, -0.2) is 4.39 Å². The van der Waals surface area contributed by atoms with E-state index in [1.807, 2.05) is 13.8 Å². The Balaban J connectivity index is 2.20. The minimum Gasteiger partial charge on any atom is -0.391 e. The second kappa shape index (κ2) is 6.89. The number of amides is 1. The summed E-state index contributed by atoms with van der Waals surface area (Å²) < 4.78 is 14.0. The summed E-state index contributed by atoms with van der Waals surface area (Å²) in [7, 11) is 0. The van der Waals surface area contributed by atoms with Crippen molar-refractivity contribution in [2.75, 3.05) is 25.0 Å². The van der Waals surface area contributed by atoms with Crippen molar-refractivity contribution in [2.45, 2.75) is 32.8 Å². The van der Waals surface area contributed by atoms with Gasteiger partial charge < -0.3 is 15.3 Å². The van der Waals surface area contributed by atoms with E-state index < -0.39 is 11.9 Å². The Bertz CT molecular complexity index is 507. The molecule has 2 atom stereocenters. The summed E-state index contributed by atoms with van der Waals surface area (Å²) in [6.45, 7) is 5.48. The first-order valence-electron chi connectivity index (χ1n) is 7.54. The molecule has 1 aromatic rings. The first-order chi connectivity index (χ1) is 10.0. The molecular weight excluding hydrogens is 271 g/mol. The Morgan fingerprint density at radius 1 is 1.52 bits per heavy atom. The van der Waals surface area contributed by atoms with E-state index in [9.17, 15) is 14.3 Å². The Kier molecular flexibility index (Phi) is 5.17. The van der Waals surface area contributed by atoms with Crippen LogP contribution in [0.25, 0.3) is 0 Å². The number of aliphatic hydroxyl groups excluding tert-OH is 1. The van der Waals surface area contributed by atoms with Crippen molar-refractivity contribution < 1.29 is 14.3 Å². The zero-order valence-corrected chi connectivity index (χ0v) is 12.6. The number of rotatable bonds is 4. The van der Waals surface area contributed by atoms with Crippen molar-refractivity contribution in [3.8, 4) is 0 Å². The summed E-state index contributed by atoms with van der Waals surface area (Å²) in [4.78, 5) is 14.2. The van der Waals surface area contributed by atoms with Crippen molar-refractivity contribution in [2.24, 2.45) is 5.92 Å². The molecule has 0 aromatic heterocycles. The second-order valence-electron chi connectivity index (χ2n) is 5.67. The number of piperidine rings is 1. The molecule has 4 nitrogen and oxygen atoms in total. The lowest BCUT2D eigenvalue weighted by atomic mass is 9.95. The SMILES string of the molecule is CCCNc1c(F)cccc1C(=O)N1CCC(C)C(O)C1. The van der Waals surface area contributed by atoms with Crippen LogP contribution in [-0.2, 0) is 0 Å². The number of nitrogens with one attached hydrogen (secondary N) is 1. The van der Waals surface area contributed by atoms with Crippen LogP contribution in [0.15, 0.2) is 18.2 Å². The molecule has 2 rings (SSSR count). The molecule has 1 heterocycles. The molecule has 21 heavy (non-hydrogen) atoms. The lowest BCUT2D eigenvalue weighted by molar-refractivity contribution is 0.0249. The Hall–Kier alpha value is -1.62. The average Bonchev–Trinajstić information content (AvgIpc) is 2.48. The van der Waals surface area contributed by atoms with Crippen LogP contribution < -0.4 is 5.32 Å². The zero-order chi connectivity index (χ0) is 15.4. The number of β-amino-alcohol motifs (C(OH)–C–C–N with tert-alkyl or cyclic N) is 1. The fourth-order valence-electron chi connectivity index (χ4n) is 2.54. The highest BCUT2D eigenvalue weighted by Gasteiger charge is 2.29. The van der Waals surface area contributed by atoms with Gasteiger partial charge in [0, 0.05) is 19.6 Å². The number of carbonyl (C=O) groups is 1. The summed E-state index contributed by atoms with van der Waals surface area (Å²) in [5.41, 5.74) is 0.600. The molecule has 2 unspecified atom stereocenters. The minimum absolute atomic E-state index is 0.194. The molecular formula is C16H23FN2O2. The number of halogens is 1. The van der Waals surface area contributed by atoms with Crippen LogP contribution in [0.2, 0.25) is 0 Å². The number of carbonyl (C=O) groups excluding carboxylic acids is 1. The molecule has 1 amide bonds. The lowest BCUT2D eigenvalue weighted by Gasteiger charge is -2.34. The Morgan fingerprint density at radius 3 is 2.95 bits per heavy atom. The van der Waals surface area contributed by atoms with Gasteiger partial charge in [0.25, 0.3) is 5.91 Å². The molecule has 0 bridgehead atoms. The second-order valence-corrected chi connectivity index (χ2v) is 5.67. The van der Waals surface area contributed by atoms with Gasteiger partial charge in [0.05, 0.1) is 17.4 Å². The fraction of sp³-hybridized carbons (Fsp3) is 0.562. The number of para-hydroxylation sites is 1. The third-order valence-electron chi connectivity index (χ3n) is 4.00. The van der Waals surface area contributed by atoms with Gasteiger partial charge in [-0.3, -0.25) is 4.79 Å². The molecule has 1 fully saturated rings. The van der Waals surface area contributed by atoms with Crippen LogP contribution in [0.5, 0.6) is 0 Å². The Labute approximate surface area is 125 Å². The van der Waals surface area contributed by atoms with E-state index in [2.05, 4.69) is 5.32 Å². The number of hydrogen-bond acceptors (Lipinski definition) is 3. The van der Waals surface area contributed by atoms with E-state index in [4.69, 9.17) is 0 Å². The van der Waals surface area contributed by atoms with E-state index in [1.165, 1.54) is 6.07 Å². The van der Waals surface area contributed by atoms with E-state index in [1.54, 1.807) is 17.0 Å². The van der Waals surface area contributed by atoms with Gasteiger partial charge in [-0.2, -0.15) is 0 Å². The zero-order valence-electron chi connectivity index (χ0n) is 12.6. The highest BCUT2D eigenvalue weighted by Crippen LogP contribution is 2.24. The molecule has 0 radical (unpaired) electrons. The van der Waals surface area contributed by atoms with E-state index in [0.717, 1.165) is 12.8 Å². The van der Waals surface area contributed by atoms with Crippen LogP contribution in [0.1, 0.15) is 37.0 Å². The standard InChI is InChI=1S/C16H23FN2O2/c1-3-8-18-15-12(5-4-6-13(15)17)16(21)19-9-7-11(2)14(20)10-19/h4-6,11,14,18,20H,3,7-10H2,1-2H3. The third kappa shape index (κ3) is 3.53. The molecule has 1 saturated heterocycles. The summed E-state index contributed by atoms with van der Waals surface area (Å²) >= 11 is 0.